The summed E-state index contributed by atoms with van der Waals surface area (Å²) in [6.45, 7) is 2.91. The van der Waals surface area contributed by atoms with Gasteiger partial charge in [0.25, 0.3) is 0 Å². The molecule has 0 radical (unpaired) electrons. The number of hydrogen-bond donors (Lipinski definition) is 1. The zero-order valence-electron chi connectivity index (χ0n) is 11.2. The molecule has 0 fully saturated rings. The van der Waals surface area contributed by atoms with Crippen molar-refractivity contribution in [2.45, 2.75) is 13.3 Å². The van der Waals surface area contributed by atoms with E-state index in [1.165, 1.54) is 0 Å². The first kappa shape index (κ1) is 12.8. The van der Waals surface area contributed by atoms with Crippen LogP contribution < -0.4 is 10.1 Å². The van der Waals surface area contributed by atoms with Gasteiger partial charge >= 0.3 is 6.01 Å². The Morgan fingerprint density at radius 1 is 1.40 bits per heavy atom. The molecular weight excluding hydrogens is 276 g/mol. The first-order valence-corrected chi connectivity index (χ1v) is 7.17. The van der Waals surface area contributed by atoms with E-state index in [0.29, 0.717) is 11.8 Å². The van der Waals surface area contributed by atoms with Gasteiger partial charge in [0, 0.05) is 13.6 Å². The molecule has 0 aliphatic rings. The molecule has 0 saturated heterocycles. The van der Waals surface area contributed by atoms with Gasteiger partial charge in [0.1, 0.15) is 11.2 Å². The molecule has 8 heteroatoms. The Bertz CT molecular complexity index is 722. The maximum atomic E-state index is 5.66. The van der Waals surface area contributed by atoms with Gasteiger partial charge in [0.2, 0.25) is 11.8 Å². The van der Waals surface area contributed by atoms with E-state index in [1.807, 2.05) is 11.4 Å². The third-order valence-electron chi connectivity index (χ3n) is 2.59. The summed E-state index contributed by atoms with van der Waals surface area (Å²) in [5, 5.41) is 10.1. The van der Waals surface area contributed by atoms with E-state index in [-0.39, 0.29) is 6.01 Å². The number of anilines is 1. The zero-order chi connectivity index (χ0) is 13.9. The molecule has 0 atom stereocenters. The molecule has 0 bridgehead atoms. The Labute approximate surface area is 119 Å². The van der Waals surface area contributed by atoms with Crippen molar-refractivity contribution >= 4 is 27.5 Å². The third-order valence-corrected chi connectivity index (χ3v) is 3.40. The maximum absolute atomic E-state index is 5.66. The van der Waals surface area contributed by atoms with Gasteiger partial charge < -0.3 is 10.1 Å². The fraction of sp³-hybridized carbons (Fsp3) is 0.333. The van der Waals surface area contributed by atoms with Gasteiger partial charge in [0.05, 0.1) is 5.39 Å². The summed E-state index contributed by atoms with van der Waals surface area (Å²) in [5.74, 6) is 1.04. The van der Waals surface area contributed by atoms with Crippen LogP contribution in [0, 0.1) is 0 Å². The average Bonchev–Trinajstić information content (AvgIpc) is 3.05. The lowest BCUT2D eigenvalue weighted by molar-refractivity contribution is 0.428. The van der Waals surface area contributed by atoms with Crippen LogP contribution in [-0.4, -0.2) is 31.3 Å². The van der Waals surface area contributed by atoms with Gasteiger partial charge in [-0.3, -0.25) is 4.68 Å². The fourth-order valence-electron chi connectivity index (χ4n) is 1.67. The molecule has 3 heterocycles. The van der Waals surface area contributed by atoms with Crippen molar-refractivity contribution in [1.82, 2.24) is 24.7 Å². The highest BCUT2D eigenvalue weighted by molar-refractivity contribution is 7.16. The normalized spacial score (nSPS) is 10.9. The highest BCUT2D eigenvalue weighted by Gasteiger charge is 2.12. The Morgan fingerprint density at radius 2 is 2.30 bits per heavy atom. The quantitative estimate of drug-likeness (QED) is 0.777. The van der Waals surface area contributed by atoms with Gasteiger partial charge in [-0.2, -0.15) is 9.97 Å². The van der Waals surface area contributed by atoms with E-state index in [0.717, 1.165) is 23.2 Å². The monoisotopic (exact) mass is 290 g/mol. The molecule has 0 aliphatic carbocycles. The van der Waals surface area contributed by atoms with Crippen molar-refractivity contribution in [3.63, 3.8) is 0 Å². The number of nitrogens with zero attached hydrogens (tertiary/aromatic N) is 5. The fourth-order valence-corrected chi connectivity index (χ4v) is 2.43. The Kier molecular flexibility index (Phi) is 3.46. The average molecular weight is 290 g/mol. The molecular formula is C12H14N6OS. The number of fused-ring (bicyclic) bond motifs is 1. The highest BCUT2D eigenvalue weighted by atomic mass is 32.1. The molecule has 0 saturated carbocycles. The molecule has 0 spiro atoms. The maximum Gasteiger partial charge on any atom is 0.342 e. The smallest absolute Gasteiger partial charge is 0.342 e. The summed E-state index contributed by atoms with van der Waals surface area (Å²) < 4.78 is 7.24. The highest BCUT2D eigenvalue weighted by Crippen LogP contribution is 2.30. The second-order valence-electron chi connectivity index (χ2n) is 4.22. The topological polar surface area (TPSA) is 77.8 Å². The van der Waals surface area contributed by atoms with Crippen molar-refractivity contribution < 1.29 is 4.74 Å². The summed E-state index contributed by atoms with van der Waals surface area (Å²) in [7, 11) is 1.79. The molecule has 104 valence electrons. The van der Waals surface area contributed by atoms with E-state index in [9.17, 15) is 0 Å². The Morgan fingerprint density at radius 3 is 3.05 bits per heavy atom. The Hall–Kier alpha value is -2.22. The standard InChI is InChI=1S/C12H14N6OS/c1-3-5-13-11-15-9(8-4-6-20-10(8)16-11)19-12-14-7-18(2)17-12/h4,6-7H,3,5H2,1-2H3,(H,13,15,16). The number of nitrogens with one attached hydrogen (secondary N) is 1. The number of hydrogen-bond acceptors (Lipinski definition) is 7. The molecule has 20 heavy (non-hydrogen) atoms. The number of ether oxygens (including phenoxy) is 1. The molecule has 7 nitrogen and oxygen atoms in total. The zero-order valence-corrected chi connectivity index (χ0v) is 12.0. The molecule has 3 aromatic rings. The van der Waals surface area contributed by atoms with E-state index >= 15 is 0 Å². The molecule has 3 rings (SSSR count). The van der Waals surface area contributed by atoms with Crippen molar-refractivity contribution in [1.29, 1.82) is 0 Å². The van der Waals surface area contributed by atoms with Crippen molar-refractivity contribution in [3.8, 4) is 11.9 Å². The predicted octanol–water partition coefficient (Wildman–Crippen LogP) is 2.43. The number of aromatic nitrogens is 5. The summed E-state index contributed by atoms with van der Waals surface area (Å²) in [5.41, 5.74) is 0. The minimum Gasteiger partial charge on any atom is -0.403 e. The van der Waals surface area contributed by atoms with Gasteiger partial charge in [-0.25, -0.2) is 4.98 Å². The summed E-state index contributed by atoms with van der Waals surface area (Å²) >= 11 is 1.55. The molecule has 0 aliphatic heterocycles. The molecule has 0 amide bonds. The van der Waals surface area contributed by atoms with Crippen LogP contribution in [-0.2, 0) is 7.05 Å². The summed E-state index contributed by atoms with van der Waals surface area (Å²) in [6.07, 6.45) is 2.58. The summed E-state index contributed by atoms with van der Waals surface area (Å²) in [4.78, 5) is 13.8. The SMILES string of the molecule is CCCNc1nc(Oc2ncn(C)n2)c2ccsc2n1. The molecule has 3 aromatic heterocycles. The van der Waals surface area contributed by atoms with Crippen LogP contribution in [0.15, 0.2) is 17.8 Å². The van der Waals surface area contributed by atoms with E-state index in [4.69, 9.17) is 4.74 Å². The van der Waals surface area contributed by atoms with Crippen LogP contribution in [0.3, 0.4) is 0 Å². The van der Waals surface area contributed by atoms with Crippen molar-refractivity contribution in [2.75, 3.05) is 11.9 Å². The van der Waals surface area contributed by atoms with Crippen LogP contribution in [0.25, 0.3) is 10.2 Å². The Balaban J connectivity index is 1.96. The van der Waals surface area contributed by atoms with E-state index in [1.54, 1.807) is 29.4 Å². The minimum atomic E-state index is 0.278. The van der Waals surface area contributed by atoms with Crippen LogP contribution >= 0.6 is 11.3 Å². The summed E-state index contributed by atoms with van der Waals surface area (Å²) in [6, 6.07) is 2.21. The number of thiophene rings is 1. The number of rotatable bonds is 5. The predicted molar refractivity (Wildman–Crippen MR) is 77.3 cm³/mol. The first-order valence-electron chi connectivity index (χ1n) is 6.29. The van der Waals surface area contributed by atoms with Gasteiger partial charge in [-0.1, -0.05) is 6.92 Å². The molecule has 1 N–H and O–H groups in total. The lowest BCUT2D eigenvalue weighted by Crippen LogP contribution is -2.05. The van der Waals surface area contributed by atoms with Crippen LogP contribution in [0.5, 0.6) is 11.9 Å². The van der Waals surface area contributed by atoms with Crippen molar-refractivity contribution in [2.24, 2.45) is 7.05 Å². The van der Waals surface area contributed by atoms with Crippen LogP contribution in [0.4, 0.5) is 5.95 Å². The molecule has 0 aromatic carbocycles. The van der Waals surface area contributed by atoms with Crippen LogP contribution in [0.2, 0.25) is 0 Å². The number of aryl methyl sites for hydroxylation is 1. The lowest BCUT2D eigenvalue weighted by Gasteiger charge is -2.06. The third kappa shape index (κ3) is 2.55. The van der Waals surface area contributed by atoms with Gasteiger partial charge in [0.15, 0.2) is 0 Å². The van der Waals surface area contributed by atoms with Crippen LogP contribution in [0.1, 0.15) is 13.3 Å². The molecule has 0 unspecified atom stereocenters. The lowest BCUT2D eigenvalue weighted by atomic mass is 10.4. The first-order chi connectivity index (χ1) is 9.76. The second kappa shape index (κ2) is 5.41. The van der Waals surface area contributed by atoms with Gasteiger partial charge in [-0.05, 0) is 17.9 Å². The van der Waals surface area contributed by atoms with Crippen molar-refractivity contribution in [3.05, 3.63) is 17.8 Å². The van der Waals surface area contributed by atoms with E-state index in [2.05, 4.69) is 32.3 Å². The van der Waals surface area contributed by atoms with E-state index < -0.39 is 0 Å². The van der Waals surface area contributed by atoms with Gasteiger partial charge in [-0.15, -0.1) is 16.4 Å². The second-order valence-corrected chi connectivity index (χ2v) is 5.12. The minimum absolute atomic E-state index is 0.278. The largest absolute Gasteiger partial charge is 0.403 e.